The second-order valence-electron chi connectivity index (χ2n) is 6.52. The van der Waals surface area contributed by atoms with Crippen LogP contribution in [0.2, 0.25) is 0 Å². The molecule has 1 heterocycles. The summed E-state index contributed by atoms with van der Waals surface area (Å²) in [5.41, 5.74) is -0.0595. The van der Waals surface area contributed by atoms with E-state index in [1.807, 2.05) is 30.3 Å². The van der Waals surface area contributed by atoms with Crippen LogP contribution in [0, 0.1) is 3.57 Å². The van der Waals surface area contributed by atoms with Gasteiger partial charge < -0.3 is 4.74 Å². The molecule has 1 amide bonds. The molecule has 0 fully saturated rings. The molecule has 0 saturated heterocycles. The van der Waals surface area contributed by atoms with Gasteiger partial charge in [-0.15, -0.1) is 0 Å². The van der Waals surface area contributed by atoms with Crippen molar-refractivity contribution in [2.75, 3.05) is 7.11 Å². The molecule has 1 atom stereocenters. The van der Waals surface area contributed by atoms with Crippen molar-refractivity contribution in [1.82, 2.24) is 14.8 Å². The Hall–Kier alpha value is -2.53. The van der Waals surface area contributed by atoms with E-state index in [0.717, 1.165) is 14.2 Å². The Labute approximate surface area is 186 Å². The molecule has 0 radical (unpaired) electrons. The zero-order chi connectivity index (χ0) is 21.8. The van der Waals surface area contributed by atoms with Crippen LogP contribution in [0.25, 0.3) is 0 Å². The zero-order valence-corrected chi connectivity index (χ0v) is 18.7. The third-order valence-corrected chi connectivity index (χ3v) is 5.15. The highest BCUT2D eigenvalue weighted by atomic mass is 127. The monoisotopic (exact) mass is 527 g/mol. The Morgan fingerprint density at radius 2 is 1.87 bits per heavy atom. The van der Waals surface area contributed by atoms with Gasteiger partial charge in [0.2, 0.25) is 0 Å². The predicted octanol–water partition coefficient (Wildman–Crippen LogP) is 5.52. The minimum Gasteiger partial charge on any atom is -0.457 e. The van der Waals surface area contributed by atoms with Gasteiger partial charge in [-0.2, -0.15) is 5.10 Å². The van der Waals surface area contributed by atoms with Crippen LogP contribution in [0.3, 0.4) is 0 Å². The summed E-state index contributed by atoms with van der Waals surface area (Å²) < 4.78 is 34.7. The van der Waals surface area contributed by atoms with Gasteiger partial charge in [-0.3, -0.25) is 14.3 Å². The molecule has 6 nitrogen and oxygen atoms in total. The SMILES string of the molecule is CON(C(=O)c1cn(C)nc1C(F)F)C(C)c1cccc(Oc2ccc(I)cc2)c1. The highest BCUT2D eigenvalue weighted by Crippen LogP contribution is 2.30. The standard InChI is InChI=1S/C21H20F2IN3O3/c1-13(27(29-3)21(28)18-12-26(2)25-19(18)20(22)23)14-5-4-6-17(11-14)30-16-9-7-15(24)8-10-16/h4-13,20H,1-3H3. The maximum Gasteiger partial charge on any atom is 0.282 e. The Bertz CT molecular complexity index is 1020. The molecule has 158 valence electrons. The number of nitrogens with zero attached hydrogens (tertiary/aromatic N) is 3. The van der Waals surface area contributed by atoms with Crippen LogP contribution in [0.15, 0.2) is 54.7 Å². The van der Waals surface area contributed by atoms with Gasteiger partial charge >= 0.3 is 0 Å². The van der Waals surface area contributed by atoms with E-state index in [9.17, 15) is 13.6 Å². The van der Waals surface area contributed by atoms with Crippen molar-refractivity contribution in [3.8, 4) is 11.5 Å². The second kappa shape index (κ2) is 9.52. The topological polar surface area (TPSA) is 56.6 Å². The summed E-state index contributed by atoms with van der Waals surface area (Å²) in [5, 5.41) is 4.74. The normalized spacial score (nSPS) is 12.1. The van der Waals surface area contributed by atoms with Crippen molar-refractivity contribution in [2.24, 2.45) is 7.05 Å². The first-order valence-corrected chi connectivity index (χ1v) is 10.1. The number of ether oxygens (including phenoxy) is 1. The number of aromatic nitrogens is 2. The minimum absolute atomic E-state index is 0.201. The van der Waals surface area contributed by atoms with E-state index in [4.69, 9.17) is 9.57 Å². The number of halogens is 3. The van der Waals surface area contributed by atoms with E-state index in [1.54, 1.807) is 25.1 Å². The summed E-state index contributed by atoms with van der Waals surface area (Å²) in [6.07, 6.45) is -1.61. The number of alkyl halides is 2. The quantitative estimate of drug-likeness (QED) is 0.300. The highest BCUT2D eigenvalue weighted by molar-refractivity contribution is 14.1. The largest absolute Gasteiger partial charge is 0.457 e. The maximum absolute atomic E-state index is 13.3. The van der Waals surface area contributed by atoms with E-state index in [2.05, 4.69) is 27.7 Å². The van der Waals surface area contributed by atoms with E-state index in [0.29, 0.717) is 11.5 Å². The lowest BCUT2D eigenvalue weighted by Gasteiger charge is -2.27. The Kier molecular flexibility index (Phi) is 7.03. The molecule has 0 bridgehead atoms. The van der Waals surface area contributed by atoms with Gasteiger partial charge in [-0.25, -0.2) is 13.8 Å². The third-order valence-electron chi connectivity index (χ3n) is 4.43. The van der Waals surface area contributed by atoms with Crippen LogP contribution in [0.5, 0.6) is 11.5 Å². The maximum atomic E-state index is 13.3. The number of hydroxylamine groups is 2. The number of carbonyl (C=O) groups is 1. The van der Waals surface area contributed by atoms with Gasteiger partial charge in [0.1, 0.15) is 17.2 Å². The Morgan fingerprint density at radius 1 is 1.17 bits per heavy atom. The van der Waals surface area contributed by atoms with Gasteiger partial charge in [-0.05, 0) is 71.5 Å². The number of benzene rings is 2. The van der Waals surface area contributed by atoms with Crippen LogP contribution in [-0.4, -0.2) is 27.9 Å². The number of aryl methyl sites for hydroxylation is 1. The molecule has 1 aromatic heterocycles. The first kappa shape index (κ1) is 22.2. The molecule has 9 heteroatoms. The molecule has 0 spiro atoms. The third kappa shape index (κ3) is 4.96. The van der Waals surface area contributed by atoms with Crippen molar-refractivity contribution in [2.45, 2.75) is 19.4 Å². The molecule has 1 unspecified atom stereocenters. The van der Waals surface area contributed by atoms with Crippen LogP contribution in [0.4, 0.5) is 8.78 Å². The van der Waals surface area contributed by atoms with Crippen molar-refractivity contribution in [3.05, 3.63) is 75.1 Å². The van der Waals surface area contributed by atoms with E-state index in [1.165, 1.54) is 25.0 Å². The van der Waals surface area contributed by atoms with Gasteiger partial charge in [-0.1, -0.05) is 12.1 Å². The van der Waals surface area contributed by atoms with Crippen molar-refractivity contribution < 1.29 is 23.1 Å². The van der Waals surface area contributed by atoms with E-state index >= 15 is 0 Å². The first-order valence-electron chi connectivity index (χ1n) is 9.03. The van der Waals surface area contributed by atoms with E-state index < -0.39 is 24.1 Å². The van der Waals surface area contributed by atoms with E-state index in [-0.39, 0.29) is 5.56 Å². The molecule has 0 N–H and O–H groups in total. The molecular formula is C21H20F2IN3O3. The summed E-state index contributed by atoms with van der Waals surface area (Å²) in [6, 6.07) is 14.2. The van der Waals surface area contributed by atoms with Crippen LogP contribution >= 0.6 is 22.6 Å². The van der Waals surface area contributed by atoms with Crippen molar-refractivity contribution >= 4 is 28.5 Å². The lowest BCUT2D eigenvalue weighted by atomic mass is 10.1. The van der Waals surface area contributed by atoms with Gasteiger partial charge in [0, 0.05) is 16.8 Å². The number of carbonyl (C=O) groups excluding carboxylic acids is 1. The van der Waals surface area contributed by atoms with Crippen LogP contribution < -0.4 is 4.74 Å². The average molecular weight is 527 g/mol. The van der Waals surface area contributed by atoms with Crippen LogP contribution in [-0.2, 0) is 11.9 Å². The molecule has 0 aliphatic heterocycles. The molecule has 2 aromatic carbocycles. The second-order valence-corrected chi connectivity index (χ2v) is 7.77. The van der Waals surface area contributed by atoms with Gasteiger partial charge in [0.05, 0.1) is 18.7 Å². The number of rotatable bonds is 7. The average Bonchev–Trinajstić information content (AvgIpc) is 3.12. The lowest BCUT2D eigenvalue weighted by molar-refractivity contribution is -0.121. The summed E-state index contributed by atoms with van der Waals surface area (Å²) in [4.78, 5) is 18.2. The Balaban J connectivity index is 1.84. The van der Waals surface area contributed by atoms with Gasteiger partial charge in [0.25, 0.3) is 12.3 Å². The first-order chi connectivity index (χ1) is 14.3. The molecule has 3 aromatic rings. The summed E-state index contributed by atoms with van der Waals surface area (Å²) in [5.74, 6) is 0.563. The van der Waals surface area contributed by atoms with Crippen LogP contribution in [0.1, 0.15) is 41.0 Å². The molecule has 3 rings (SSSR count). The number of hydrogen-bond acceptors (Lipinski definition) is 4. The number of hydrogen-bond donors (Lipinski definition) is 0. The zero-order valence-electron chi connectivity index (χ0n) is 16.6. The fourth-order valence-corrected chi connectivity index (χ4v) is 3.34. The highest BCUT2D eigenvalue weighted by Gasteiger charge is 2.30. The molecule has 0 saturated carbocycles. The van der Waals surface area contributed by atoms with Crippen molar-refractivity contribution in [3.63, 3.8) is 0 Å². The summed E-state index contributed by atoms with van der Waals surface area (Å²) in [6.45, 7) is 1.74. The predicted molar refractivity (Wildman–Crippen MR) is 115 cm³/mol. The molecule has 0 aliphatic rings. The smallest absolute Gasteiger partial charge is 0.282 e. The fourth-order valence-electron chi connectivity index (χ4n) is 2.98. The lowest BCUT2D eigenvalue weighted by Crippen LogP contribution is -2.33. The van der Waals surface area contributed by atoms with Gasteiger partial charge in [0.15, 0.2) is 0 Å². The molecule has 0 aliphatic carbocycles. The summed E-state index contributed by atoms with van der Waals surface area (Å²) >= 11 is 2.21. The molecular weight excluding hydrogens is 507 g/mol. The number of amides is 1. The minimum atomic E-state index is -2.87. The molecule has 30 heavy (non-hydrogen) atoms. The fraction of sp³-hybridized carbons (Fsp3) is 0.238. The Morgan fingerprint density at radius 3 is 2.50 bits per heavy atom. The summed E-state index contributed by atoms with van der Waals surface area (Å²) in [7, 11) is 2.80. The van der Waals surface area contributed by atoms with Crippen molar-refractivity contribution in [1.29, 1.82) is 0 Å².